The highest BCUT2D eigenvalue weighted by molar-refractivity contribution is 6.31. The van der Waals surface area contributed by atoms with Crippen LogP contribution < -0.4 is 4.90 Å². The molecule has 48 heavy (non-hydrogen) atoms. The van der Waals surface area contributed by atoms with Crippen LogP contribution in [-0.2, 0) is 27.1 Å². The minimum atomic E-state index is -0.153. The number of hydrogen-bond acceptors (Lipinski definition) is 1. The SMILES string of the molecule is CC(C)(C)c1cc(Cl)cc(N(c2ccc3c(c2)C(C)(C)c2ccccc2C3(C)C)c2ccc3c(c2)C(C)(C)c2ccccc2C3(C)C)c1. The quantitative estimate of drug-likeness (QED) is 0.188. The summed E-state index contributed by atoms with van der Waals surface area (Å²) >= 11 is 6.96. The van der Waals surface area contributed by atoms with Gasteiger partial charge in [0.15, 0.2) is 0 Å². The van der Waals surface area contributed by atoms with Crippen molar-refractivity contribution in [3.63, 3.8) is 0 Å². The molecule has 0 N–H and O–H groups in total. The molecule has 7 rings (SSSR count). The first-order valence-corrected chi connectivity index (χ1v) is 17.9. The summed E-state index contributed by atoms with van der Waals surface area (Å²) in [7, 11) is 0. The van der Waals surface area contributed by atoms with Crippen LogP contribution in [0, 0.1) is 0 Å². The van der Waals surface area contributed by atoms with Crippen LogP contribution in [-0.4, -0.2) is 0 Å². The summed E-state index contributed by atoms with van der Waals surface area (Å²) in [5.74, 6) is 0. The average Bonchev–Trinajstić information content (AvgIpc) is 3.03. The van der Waals surface area contributed by atoms with E-state index in [1.165, 1.54) is 50.1 Å². The van der Waals surface area contributed by atoms with E-state index in [2.05, 4.69) is 184 Å². The van der Waals surface area contributed by atoms with E-state index in [0.717, 1.165) is 22.1 Å². The molecular formula is C46H50ClN. The zero-order valence-corrected chi connectivity index (χ0v) is 31.4. The van der Waals surface area contributed by atoms with Crippen LogP contribution in [0.5, 0.6) is 0 Å². The molecule has 2 heteroatoms. The lowest BCUT2D eigenvalue weighted by molar-refractivity contribution is 0.520. The minimum absolute atomic E-state index is 0.0531. The first-order valence-electron chi connectivity index (χ1n) is 17.5. The molecular weight excluding hydrogens is 602 g/mol. The summed E-state index contributed by atoms with van der Waals surface area (Å²) in [6.45, 7) is 25.8. The van der Waals surface area contributed by atoms with Crippen molar-refractivity contribution in [1.29, 1.82) is 0 Å². The molecule has 0 saturated heterocycles. The number of rotatable bonds is 3. The Balaban J connectivity index is 1.49. The number of fused-ring (bicyclic) bond motifs is 4. The maximum atomic E-state index is 6.96. The average molecular weight is 652 g/mol. The van der Waals surface area contributed by atoms with Gasteiger partial charge in [-0.1, -0.05) is 148 Å². The van der Waals surface area contributed by atoms with Crippen molar-refractivity contribution >= 4 is 28.7 Å². The van der Waals surface area contributed by atoms with E-state index < -0.39 is 0 Å². The number of halogens is 1. The van der Waals surface area contributed by atoms with Gasteiger partial charge in [-0.05, 0) is 98.0 Å². The van der Waals surface area contributed by atoms with Crippen LogP contribution in [0.1, 0.15) is 126 Å². The van der Waals surface area contributed by atoms with Crippen LogP contribution in [0.2, 0.25) is 5.02 Å². The van der Waals surface area contributed by atoms with E-state index in [1.54, 1.807) is 0 Å². The lowest BCUT2D eigenvalue weighted by Crippen LogP contribution is -2.37. The summed E-state index contributed by atoms with van der Waals surface area (Å²) in [5, 5.41) is 0.754. The van der Waals surface area contributed by atoms with Gasteiger partial charge in [0, 0.05) is 43.7 Å². The fourth-order valence-electron chi connectivity index (χ4n) is 8.78. The molecule has 2 aliphatic rings. The predicted molar refractivity (Wildman–Crippen MR) is 206 cm³/mol. The fourth-order valence-corrected chi connectivity index (χ4v) is 9.01. The van der Waals surface area contributed by atoms with Gasteiger partial charge < -0.3 is 4.90 Å². The first-order chi connectivity index (χ1) is 22.4. The Morgan fingerprint density at radius 3 is 1.15 bits per heavy atom. The van der Waals surface area contributed by atoms with Crippen molar-refractivity contribution in [1.82, 2.24) is 0 Å². The van der Waals surface area contributed by atoms with Gasteiger partial charge in [0.05, 0.1) is 0 Å². The van der Waals surface area contributed by atoms with E-state index in [9.17, 15) is 0 Å². The molecule has 0 atom stereocenters. The Morgan fingerprint density at radius 1 is 0.417 bits per heavy atom. The van der Waals surface area contributed by atoms with Gasteiger partial charge in [0.25, 0.3) is 0 Å². The smallest absolute Gasteiger partial charge is 0.0479 e. The molecule has 0 aliphatic heterocycles. The molecule has 0 amide bonds. The molecule has 246 valence electrons. The number of anilines is 3. The van der Waals surface area contributed by atoms with Crippen LogP contribution in [0.4, 0.5) is 17.1 Å². The van der Waals surface area contributed by atoms with Crippen LogP contribution >= 0.6 is 11.6 Å². The molecule has 0 radical (unpaired) electrons. The summed E-state index contributed by atoms with van der Waals surface area (Å²) in [6.07, 6.45) is 0. The second kappa shape index (κ2) is 10.6. The number of benzene rings is 5. The van der Waals surface area contributed by atoms with Crippen LogP contribution in [0.15, 0.2) is 103 Å². The maximum absolute atomic E-state index is 6.96. The van der Waals surface area contributed by atoms with Gasteiger partial charge in [-0.15, -0.1) is 0 Å². The summed E-state index contributed by atoms with van der Waals surface area (Å²) in [4.78, 5) is 2.44. The highest BCUT2D eigenvalue weighted by Gasteiger charge is 2.43. The predicted octanol–water partition coefficient (Wildman–Crippen LogP) is 13.0. The normalized spacial score (nSPS) is 17.8. The Bertz CT molecular complexity index is 1970. The molecule has 0 unspecified atom stereocenters. The van der Waals surface area contributed by atoms with Crippen molar-refractivity contribution in [2.75, 3.05) is 4.90 Å². The second-order valence-corrected chi connectivity index (χ2v) is 17.8. The van der Waals surface area contributed by atoms with Gasteiger partial charge >= 0.3 is 0 Å². The zero-order valence-electron chi connectivity index (χ0n) is 30.6. The molecule has 1 nitrogen and oxygen atoms in total. The molecule has 0 heterocycles. The largest absolute Gasteiger partial charge is 0.310 e. The fraction of sp³-hybridized carbons (Fsp3) is 0.348. The van der Waals surface area contributed by atoms with Gasteiger partial charge in [0.1, 0.15) is 0 Å². The van der Waals surface area contributed by atoms with E-state index in [0.29, 0.717) is 0 Å². The summed E-state index contributed by atoms with van der Waals surface area (Å²) in [6, 6.07) is 38.9. The highest BCUT2D eigenvalue weighted by Crippen LogP contribution is 2.54. The number of hydrogen-bond donors (Lipinski definition) is 0. The van der Waals surface area contributed by atoms with Gasteiger partial charge in [-0.2, -0.15) is 0 Å². The van der Waals surface area contributed by atoms with Crippen molar-refractivity contribution in [3.05, 3.63) is 158 Å². The number of nitrogens with zero attached hydrogens (tertiary/aromatic N) is 1. The van der Waals surface area contributed by atoms with Crippen molar-refractivity contribution < 1.29 is 0 Å². The lowest BCUT2D eigenvalue weighted by Gasteiger charge is -2.45. The maximum Gasteiger partial charge on any atom is 0.0479 e. The first kappa shape index (κ1) is 32.7. The second-order valence-electron chi connectivity index (χ2n) is 17.3. The molecule has 0 aromatic heterocycles. The molecule has 5 aromatic rings. The molecule has 0 saturated carbocycles. The van der Waals surface area contributed by atoms with Crippen molar-refractivity contribution in [2.24, 2.45) is 0 Å². The molecule has 5 aromatic carbocycles. The molecule has 0 bridgehead atoms. The van der Waals surface area contributed by atoms with Crippen LogP contribution in [0.25, 0.3) is 0 Å². The Morgan fingerprint density at radius 2 is 0.771 bits per heavy atom. The van der Waals surface area contributed by atoms with E-state index in [1.807, 2.05) is 0 Å². The zero-order chi connectivity index (χ0) is 34.6. The third kappa shape index (κ3) is 4.79. The summed E-state index contributed by atoms with van der Waals surface area (Å²) < 4.78 is 0. The standard InChI is InChI=1S/C46H50ClN/c1-42(2,3)29-24-30(47)26-33(25-29)48(31-20-22-38-40(27-31)45(8,9)36-18-14-12-16-34(36)43(38,4)5)32-21-23-39-41(28-32)46(10,11)37-19-15-13-17-35(37)44(39,6)7/h12-28H,1-11H3. The third-order valence-corrected chi connectivity index (χ3v) is 12.0. The summed E-state index contributed by atoms with van der Waals surface area (Å²) in [5.41, 5.74) is 15.2. The topological polar surface area (TPSA) is 3.24 Å². The Kier molecular flexibility index (Phi) is 7.22. The van der Waals surface area contributed by atoms with Crippen molar-refractivity contribution in [3.8, 4) is 0 Å². The van der Waals surface area contributed by atoms with Crippen LogP contribution in [0.3, 0.4) is 0 Å². The Labute approximate surface area is 294 Å². The molecule has 0 spiro atoms. The van der Waals surface area contributed by atoms with Gasteiger partial charge in [-0.25, -0.2) is 0 Å². The molecule has 2 aliphatic carbocycles. The third-order valence-electron chi connectivity index (χ3n) is 11.8. The molecule has 0 fully saturated rings. The monoisotopic (exact) mass is 651 g/mol. The van der Waals surface area contributed by atoms with E-state index in [-0.39, 0.29) is 27.1 Å². The van der Waals surface area contributed by atoms with E-state index >= 15 is 0 Å². The van der Waals surface area contributed by atoms with Crippen molar-refractivity contribution in [2.45, 2.75) is 103 Å². The van der Waals surface area contributed by atoms with E-state index in [4.69, 9.17) is 11.6 Å². The highest BCUT2D eigenvalue weighted by atomic mass is 35.5. The minimum Gasteiger partial charge on any atom is -0.310 e. The lowest BCUT2D eigenvalue weighted by atomic mass is 9.60. The Hall–Kier alpha value is -3.81. The van der Waals surface area contributed by atoms with Gasteiger partial charge in [0.2, 0.25) is 0 Å². The van der Waals surface area contributed by atoms with Gasteiger partial charge in [-0.3, -0.25) is 0 Å².